The summed E-state index contributed by atoms with van der Waals surface area (Å²) in [6, 6.07) is 0. The van der Waals surface area contributed by atoms with Crippen LogP contribution in [0.1, 0.15) is 0 Å². The maximum Gasteiger partial charge on any atom is 2.00 e. The normalized spacial score (nSPS) is 8.57. The summed E-state index contributed by atoms with van der Waals surface area (Å²) in [5.41, 5.74) is 0. The minimum Gasteiger partial charge on any atom is 2.00 e. The molecule has 0 rings (SSSR count). The number of rotatable bonds is 0. The smallest absolute Gasteiger partial charge is 2.00 e. The molecule has 0 unspecified atom stereocenters. The summed E-state index contributed by atoms with van der Waals surface area (Å²) in [7, 11) is 0. The van der Waals surface area contributed by atoms with Crippen LogP contribution in [0.3, 0.4) is 0 Å². The van der Waals surface area contributed by atoms with Crippen LogP contribution in [0.25, 0.3) is 0 Å². The molecule has 7 heteroatoms. The van der Waals surface area contributed by atoms with E-state index in [4.69, 9.17) is 14.8 Å². The Morgan fingerprint density at radius 2 is 0.857 bits per heavy atom. The zero-order valence-corrected chi connectivity index (χ0v) is 12.5. The second-order valence-electron chi connectivity index (χ2n) is 0.500. The van der Waals surface area contributed by atoms with Crippen LogP contribution in [0.5, 0.6) is 0 Å². The van der Waals surface area contributed by atoms with E-state index in [0.29, 0.717) is 0 Å². The number of hydrogen-bond acceptors (Lipinski definition) is 4. The van der Waals surface area contributed by atoms with Gasteiger partial charge in [-0.3, -0.25) is 0 Å². The third-order valence-electron chi connectivity index (χ3n) is 0. The van der Waals surface area contributed by atoms with Gasteiger partial charge in [0.2, 0.25) is 0 Å². The first kappa shape index (κ1) is 16.4. The Labute approximate surface area is 99.0 Å². The van der Waals surface area contributed by atoms with Crippen molar-refractivity contribution in [1.29, 1.82) is 0 Å². The average molecular weight is 315 g/mol. The molecule has 0 bridgehead atoms. The quantitative estimate of drug-likeness (QED) is 0.418. The van der Waals surface area contributed by atoms with Crippen LogP contribution < -0.4 is 14.8 Å². The summed E-state index contributed by atoms with van der Waals surface area (Å²) in [5, 5.41) is 0. The monoisotopic (exact) mass is 314 g/mol. The van der Waals surface area contributed by atoms with Crippen molar-refractivity contribution in [3.63, 3.8) is 0 Å². The van der Waals surface area contributed by atoms with Crippen molar-refractivity contribution in [3.05, 3.63) is 0 Å². The summed E-state index contributed by atoms with van der Waals surface area (Å²) in [4.78, 5) is 0. The molecule has 0 amide bonds. The molecule has 0 aromatic carbocycles. The van der Waals surface area contributed by atoms with E-state index in [1.54, 1.807) is 0 Å². The Morgan fingerprint density at radius 3 is 0.857 bits per heavy atom. The zero-order chi connectivity index (χ0) is 4.50. The van der Waals surface area contributed by atoms with Crippen molar-refractivity contribution >= 4 is 48.9 Å². The Kier molecular flexibility index (Phi) is 16.1. The summed E-state index contributed by atoms with van der Waals surface area (Å²) >= 11 is -6.00. The molecule has 4 nitrogen and oxygen atoms in total. The second-order valence-corrected chi connectivity index (χ2v) is 2.06. The van der Waals surface area contributed by atoms with Crippen molar-refractivity contribution in [2.45, 2.75) is 0 Å². The van der Waals surface area contributed by atoms with Gasteiger partial charge >= 0.3 is 101 Å². The topological polar surface area (TPSA) is 92.2 Å². The summed E-state index contributed by atoms with van der Waals surface area (Å²) in [6.07, 6.45) is 0. The maximum atomic E-state index is 8.62. The van der Waals surface area contributed by atoms with E-state index >= 15 is 0 Å². The fraction of sp³-hybridized carbons (Fsp3) is 0. The van der Waals surface area contributed by atoms with Crippen molar-refractivity contribution in [3.8, 4) is 0 Å². The van der Waals surface area contributed by atoms with E-state index in [0.717, 1.165) is 0 Å². The molecule has 0 aromatic rings. The molecule has 0 fully saturated rings. The number of hydrogen-bond donors (Lipinski definition) is 0. The average Bonchev–Trinajstić information content (AvgIpc) is 0.722. The third-order valence-corrected chi connectivity index (χ3v) is 0. The van der Waals surface area contributed by atoms with Crippen molar-refractivity contribution < 1.29 is 52.4 Å². The molecule has 0 radical (unpaired) electrons. The van der Waals surface area contributed by atoms with Gasteiger partial charge < -0.3 is 0 Å². The van der Waals surface area contributed by atoms with Gasteiger partial charge in [-0.1, -0.05) is 0 Å². The summed E-state index contributed by atoms with van der Waals surface area (Å²) in [5.74, 6) is 0. The fourth-order valence-corrected chi connectivity index (χ4v) is 0. The maximum absolute atomic E-state index is 8.62. The second kappa shape index (κ2) is 6.86. The van der Waals surface area contributed by atoms with Crippen LogP contribution in [0, 0.1) is 0 Å². The molecule has 32 valence electrons. The SMILES string of the molecule is [Ba+2].[O-][Ti]([O-])([O-])[O-].[Zn+2]. The van der Waals surface area contributed by atoms with Crippen LogP contribution in [0.15, 0.2) is 0 Å². The Hall–Kier alpha value is 2.75. The van der Waals surface area contributed by atoms with Crippen LogP contribution >= 0.6 is 0 Å². The van der Waals surface area contributed by atoms with Crippen LogP contribution in [-0.4, -0.2) is 48.9 Å². The summed E-state index contributed by atoms with van der Waals surface area (Å²) < 4.78 is 34.5. The van der Waals surface area contributed by atoms with Gasteiger partial charge in [0.1, 0.15) is 0 Å². The van der Waals surface area contributed by atoms with E-state index in [1.807, 2.05) is 0 Å². The largest absolute Gasteiger partial charge is 2.00 e. The molecular formula is BaO4TiZn. The van der Waals surface area contributed by atoms with Gasteiger partial charge in [-0.25, -0.2) is 0 Å². The summed E-state index contributed by atoms with van der Waals surface area (Å²) in [6.45, 7) is 0. The van der Waals surface area contributed by atoms with E-state index in [9.17, 15) is 0 Å². The van der Waals surface area contributed by atoms with Crippen LogP contribution in [-0.2, 0) is 37.6 Å². The van der Waals surface area contributed by atoms with E-state index in [-0.39, 0.29) is 68.4 Å². The standard InChI is InChI=1S/Ba.4O.Ti.Zn/q+2;4*-1;;+2. The molecule has 7 heavy (non-hydrogen) atoms. The minimum absolute atomic E-state index is 0. The molecule has 0 aliphatic heterocycles. The van der Waals surface area contributed by atoms with E-state index in [1.165, 1.54) is 0 Å². The Balaban J connectivity index is -0.0000000800. The Morgan fingerprint density at radius 1 is 0.857 bits per heavy atom. The molecule has 0 spiro atoms. The van der Waals surface area contributed by atoms with Crippen molar-refractivity contribution in [1.82, 2.24) is 0 Å². The molecule has 0 saturated carbocycles. The predicted octanol–water partition coefficient (Wildman–Crippen LogP) is -5.14. The molecule has 0 aromatic heterocycles. The van der Waals surface area contributed by atoms with Gasteiger partial charge in [-0.2, -0.15) is 0 Å². The minimum atomic E-state index is -6.00. The van der Waals surface area contributed by atoms with Crippen molar-refractivity contribution in [2.75, 3.05) is 0 Å². The van der Waals surface area contributed by atoms with Gasteiger partial charge in [0.25, 0.3) is 0 Å². The molecule has 0 aliphatic rings. The first-order chi connectivity index (χ1) is 2.00. The van der Waals surface area contributed by atoms with E-state index in [2.05, 4.69) is 0 Å². The van der Waals surface area contributed by atoms with Crippen LogP contribution in [0.2, 0.25) is 0 Å². The van der Waals surface area contributed by atoms with Gasteiger partial charge in [-0.15, -0.1) is 0 Å². The predicted molar refractivity (Wildman–Crippen MR) is 5.75 cm³/mol. The molecule has 0 aliphatic carbocycles. The molecular weight excluding hydrogens is 315 g/mol. The first-order valence-electron chi connectivity index (χ1n) is 0.816. The molecule has 0 saturated heterocycles. The third kappa shape index (κ3) is 52.7. The van der Waals surface area contributed by atoms with Crippen molar-refractivity contribution in [2.24, 2.45) is 0 Å². The van der Waals surface area contributed by atoms with Gasteiger partial charge in [-0.05, 0) is 0 Å². The Bertz CT molecular complexity index is 27.2. The first-order valence-corrected chi connectivity index (χ1v) is 3.37. The van der Waals surface area contributed by atoms with Crippen LogP contribution in [0.4, 0.5) is 0 Å². The molecule has 0 atom stereocenters. The fourth-order valence-electron chi connectivity index (χ4n) is 0. The van der Waals surface area contributed by atoms with Gasteiger partial charge in [0, 0.05) is 0 Å². The zero-order valence-electron chi connectivity index (χ0n) is 3.55. The van der Waals surface area contributed by atoms with E-state index < -0.39 is 18.1 Å². The molecule has 0 N–H and O–H groups in total. The molecule has 0 heterocycles. The van der Waals surface area contributed by atoms with Gasteiger partial charge in [0.15, 0.2) is 0 Å². The van der Waals surface area contributed by atoms with Gasteiger partial charge in [0.05, 0.1) is 0 Å².